The van der Waals surface area contributed by atoms with Crippen LogP contribution in [0.4, 0.5) is 0 Å². The van der Waals surface area contributed by atoms with E-state index >= 15 is 0 Å². The number of rotatable bonds is 4. The van der Waals surface area contributed by atoms with E-state index in [1.165, 1.54) is 0 Å². The molecule has 94 valence electrons. The van der Waals surface area contributed by atoms with Crippen molar-refractivity contribution in [1.82, 2.24) is 4.90 Å². The first kappa shape index (κ1) is 12.1. The fraction of sp³-hybridized carbons (Fsp3) is 0.583. The van der Waals surface area contributed by atoms with E-state index in [1.54, 1.807) is 6.26 Å². The lowest BCUT2D eigenvalue weighted by Gasteiger charge is -2.25. The number of likely N-dealkylation sites (tertiary alicyclic amines) is 1. The van der Waals surface area contributed by atoms with Crippen LogP contribution in [-0.2, 0) is 11.2 Å². The summed E-state index contributed by atoms with van der Waals surface area (Å²) in [6.07, 6.45) is 2.93. The second-order valence-corrected chi connectivity index (χ2v) is 4.81. The number of hydrogen-bond donors (Lipinski definition) is 2. The van der Waals surface area contributed by atoms with Crippen LogP contribution in [0.2, 0.25) is 0 Å². The minimum atomic E-state index is -1.09. The summed E-state index contributed by atoms with van der Waals surface area (Å²) in [6.45, 7) is 3.20. The van der Waals surface area contributed by atoms with Gasteiger partial charge in [-0.15, -0.1) is 0 Å². The molecule has 2 rings (SSSR count). The summed E-state index contributed by atoms with van der Waals surface area (Å²) in [6, 6.07) is 4.03. The molecule has 1 aliphatic rings. The minimum Gasteiger partial charge on any atom is -0.480 e. The number of furan rings is 1. The molecule has 1 aromatic rings. The van der Waals surface area contributed by atoms with Gasteiger partial charge in [0.25, 0.3) is 0 Å². The van der Waals surface area contributed by atoms with Gasteiger partial charge in [-0.05, 0) is 25.5 Å². The number of carboxylic acids is 1. The molecule has 0 saturated carbocycles. The van der Waals surface area contributed by atoms with Gasteiger partial charge >= 0.3 is 5.97 Å². The molecular weight excluding hydrogens is 220 g/mol. The number of nitrogens with two attached hydrogens (primary N) is 1. The van der Waals surface area contributed by atoms with Crippen LogP contribution in [0, 0.1) is 0 Å². The quantitative estimate of drug-likeness (QED) is 0.807. The fourth-order valence-electron chi connectivity index (χ4n) is 2.26. The highest BCUT2D eigenvalue weighted by Gasteiger charge is 2.42. The molecule has 0 aliphatic carbocycles. The highest BCUT2D eigenvalue weighted by Crippen LogP contribution is 2.22. The van der Waals surface area contributed by atoms with Gasteiger partial charge in [-0.1, -0.05) is 0 Å². The molecule has 2 atom stereocenters. The lowest BCUT2D eigenvalue weighted by Crippen LogP contribution is -2.51. The topological polar surface area (TPSA) is 79.7 Å². The normalized spacial score (nSPS) is 27.2. The molecule has 0 amide bonds. The van der Waals surface area contributed by atoms with Gasteiger partial charge < -0.3 is 15.3 Å². The molecule has 1 saturated heterocycles. The molecule has 5 nitrogen and oxygen atoms in total. The second-order valence-electron chi connectivity index (χ2n) is 4.81. The van der Waals surface area contributed by atoms with E-state index < -0.39 is 11.5 Å². The van der Waals surface area contributed by atoms with Crippen LogP contribution in [0.3, 0.4) is 0 Å². The SMILES string of the molecule is CC(Cc1ccco1)N1CCC(N)(C(=O)O)C1. The van der Waals surface area contributed by atoms with Crippen LogP contribution in [-0.4, -0.2) is 40.6 Å². The molecular formula is C12H18N2O3. The van der Waals surface area contributed by atoms with Crippen molar-refractivity contribution in [2.75, 3.05) is 13.1 Å². The smallest absolute Gasteiger partial charge is 0.325 e. The molecule has 0 bridgehead atoms. The summed E-state index contributed by atoms with van der Waals surface area (Å²) >= 11 is 0. The number of hydrogen-bond acceptors (Lipinski definition) is 4. The van der Waals surface area contributed by atoms with Crippen LogP contribution in [0.15, 0.2) is 22.8 Å². The molecule has 5 heteroatoms. The predicted molar refractivity (Wildman–Crippen MR) is 62.6 cm³/mol. The number of carbonyl (C=O) groups is 1. The Balaban J connectivity index is 1.94. The first-order chi connectivity index (χ1) is 8.01. The van der Waals surface area contributed by atoms with E-state index in [2.05, 4.69) is 11.8 Å². The number of nitrogens with zero attached hydrogens (tertiary/aromatic N) is 1. The molecule has 1 aromatic heterocycles. The van der Waals surface area contributed by atoms with Gasteiger partial charge in [0.1, 0.15) is 11.3 Å². The maximum Gasteiger partial charge on any atom is 0.325 e. The Kier molecular flexibility index (Phi) is 3.22. The second kappa shape index (κ2) is 4.50. The Bertz CT molecular complexity index is 390. The van der Waals surface area contributed by atoms with Crippen LogP contribution in [0.25, 0.3) is 0 Å². The first-order valence-corrected chi connectivity index (χ1v) is 5.80. The number of carboxylic acid groups (broad SMARTS) is 1. The Morgan fingerprint density at radius 1 is 1.76 bits per heavy atom. The predicted octanol–water partition coefficient (Wildman–Crippen LogP) is 0.698. The van der Waals surface area contributed by atoms with Gasteiger partial charge in [-0.2, -0.15) is 0 Å². The Hall–Kier alpha value is -1.33. The Labute approximate surface area is 100 Å². The molecule has 0 spiro atoms. The van der Waals surface area contributed by atoms with Crippen LogP contribution in [0.5, 0.6) is 0 Å². The van der Waals surface area contributed by atoms with E-state index in [0.717, 1.165) is 18.7 Å². The van der Waals surface area contributed by atoms with Gasteiger partial charge in [-0.25, -0.2) is 0 Å². The monoisotopic (exact) mass is 238 g/mol. The molecule has 0 aromatic carbocycles. The van der Waals surface area contributed by atoms with E-state index in [4.69, 9.17) is 15.3 Å². The van der Waals surface area contributed by atoms with Gasteiger partial charge in [0.2, 0.25) is 0 Å². The molecule has 0 radical (unpaired) electrons. The van der Waals surface area contributed by atoms with Crippen molar-refractivity contribution in [2.45, 2.75) is 31.3 Å². The largest absolute Gasteiger partial charge is 0.480 e. The highest BCUT2D eigenvalue weighted by molar-refractivity contribution is 5.79. The minimum absolute atomic E-state index is 0.242. The zero-order valence-electron chi connectivity index (χ0n) is 9.93. The summed E-state index contributed by atoms with van der Waals surface area (Å²) in [5, 5.41) is 9.06. The highest BCUT2D eigenvalue weighted by atomic mass is 16.4. The van der Waals surface area contributed by atoms with Crippen molar-refractivity contribution in [3.63, 3.8) is 0 Å². The maximum atomic E-state index is 11.0. The summed E-state index contributed by atoms with van der Waals surface area (Å²) in [5.74, 6) is 0.00699. The standard InChI is InChI=1S/C12H18N2O3/c1-9(7-10-3-2-6-17-10)14-5-4-12(13,8-14)11(15)16/h2-3,6,9H,4-5,7-8,13H2,1H3,(H,15,16). The lowest BCUT2D eigenvalue weighted by atomic mass is 10.0. The van der Waals surface area contributed by atoms with Crippen molar-refractivity contribution in [3.8, 4) is 0 Å². The molecule has 2 unspecified atom stereocenters. The van der Waals surface area contributed by atoms with Crippen LogP contribution in [0.1, 0.15) is 19.1 Å². The van der Waals surface area contributed by atoms with Gasteiger partial charge in [0, 0.05) is 25.6 Å². The van der Waals surface area contributed by atoms with E-state index in [0.29, 0.717) is 13.0 Å². The molecule has 3 N–H and O–H groups in total. The molecule has 1 aliphatic heterocycles. The zero-order valence-corrected chi connectivity index (χ0v) is 9.93. The summed E-state index contributed by atoms with van der Waals surface area (Å²) in [5.41, 5.74) is 4.75. The van der Waals surface area contributed by atoms with Crippen LogP contribution >= 0.6 is 0 Å². The van der Waals surface area contributed by atoms with Gasteiger partial charge in [0.05, 0.1) is 6.26 Å². The van der Waals surface area contributed by atoms with Crippen LogP contribution < -0.4 is 5.73 Å². The third-order valence-electron chi connectivity index (χ3n) is 3.46. The molecule has 1 fully saturated rings. The van der Waals surface area contributed by atoms with E-state index in [1.807, 2.05) is 12.1 Å². The van der Waals surface area contributed by atoms with Crippen molar-refractivity contribution in [2.24, 2.45) is 5.73 Å². The third-order valence-corrected chi connectivity index (χ3v) is 3.46. The maximum absolute atomic E-state index is 11.0. The summed E-state index contributed by atoms with van der Waals surface area (Å²) in [4.78, 5) is 13.1. The van der Waals surface area contributed by atoms with Crippen molar-refractivity contribution in [3.05, 3.63) is 24.2 Å². The molecule has 17 heavy (non-hydrogen) atoms. The lowest BCUT2D eigenvalue weighted by molar-refractivity contribution is -0.142. The van der Waals surface area contributed by atoms with E-state index in [9.17, 15) is 4.79 Å². The van der Waals surface area contributed by atoms with Crippen molar-refractivity contribution in [1.29, 1.82) is 0 Å². The first-order valence-electron chi connectivity index (χ1n) is 5.80. The van der Waals surface area contributed by atoms with Gasteiger partial charge in [0.15, 0.2) is 0 Å². The Morgan fingerprint density at radius 2 is 2.53 bits per heavy atom. The average molecular weight is 238 g/mol. The van der Waals surface area contributed by atoms with Gasteiger partial charge in [-0.3, -0.25) is 9.69 Å². The Morgan fingerprint density at radius 3 is 3.06 bits per heavy atom. The van der Waals surface area contributed by atoms with Crippen molar-refractivity contribution < 1.29 is 14.3 Å². The van der Waals surface area contributed by atoms with E-state index in [-0.39, 0.29) is 6.04 Å². The molecule has 2 heterocycles. The van der Waals surface area contributed by atoms with Crippen molar-refractivity contribution >= 4 is 5.97 Å². The summed E-state index contributed by atoms with van der Waals surface area (Å²) < 4.78 is 5.29. The number of aliphatic carboxylic acids is 1. The fourth-order valence-corrected chi connectivity index (χ4v) is 2.26. The average Bonchev–Trinajstić information content (AvgIpc) is 2.88. The third kappa shape index (κ3) is 2.50. The zero-order chi connectivity index (χ0) is 12.5. The summed E-state index contributed by atoms with van der Waals surface area (Å²) in [7, 11) is 0.